The molecule has 0 aromatic heterocycles. The van der Waals surface area contributed by atoms with Crippen LogP contribution in [0, 0.1) is 11.6 Å². The third-order valence-corrected chi connectivity index (χ3v) is 1.87. The smallest absolute Gasteiger partial charge is 0.373 e. The third-order valence-electron chi connectivity index (χ3n) is 1.87. The standard InChI is InChI=1S/C11H8F2O4/c1-17-11(16)9(15)5-8(14)10-6(12)3-2-4-7(10)13/h2-5,15H,1H3. The largest absolute Gasteiger partial charge is 0.502 e. The van der Waals surface area contributed by atoms with Crippen molar-refractivity contribution in [3.05, 3.63) is 47.2 Å². The van der Waals surface area contributed by atoms with Gasteiger partial charge < -0.3 is 9.84 Å². The van der Waals surface area contributed by atoms with Crippen molar-refractivity contribution in [3.8, 4) is 0 Å². The van der Waals surface area contributed by atoms with E-state index in [1.807, 2.05) is 0 Å². The molecule has 90 valence electrons. The van der Waals surface area contributed by atoms with Gasteiger partial charge in [0.25, 0.3) is 0 Å². The molecule has 0 amide bonds. The van der Waals surface area contributed by atoms with Crippen molar-refractivity contribution in [2.45, 2.75) is 0 Å². The van der Waals surface area contributed by atoms with Crippen molar-refractivity contribution in [2.24, 2.45) is 0 Å². The highest BCUT2D eigenvalue weighted by atomic mass is 19.1. The third kappa shape index (κ3) is 2.87. The van der Waals surface area contributed by atoms with Gasteiger partial charge in [-0.2, -0.15) is 0 Å². The van der Waals surface area contributed by atoms with Crippen molar-refractivity contribution in [3.63, 3.8) is 0 Å². The Hall–Kier alpha value is -2.24. The number of benzene rings is 1. The number of allylic oxidation sites excluding steroid dienone is 1. The molecule has 1 rings (SSSR count). The van der Waals surface area contributed by atoms with E-state index in [0.29, 0.717) is 6.08 Å². The molecule has 0 atom stereocenters. The molecule has 4 nitrogen and oxygen atoms in total. The second kappa shape index (κ2) is 5.20. The lowest BCUT2D eigenvalue weighted by atomic mass is 10.1. The fraction of sp³-hybridized carbons (Fsp3) is 0.0909. The summed E-state index contributed by atoms with van der Waals surface area (Å²) in [4.78, 5) is 22.2. The van der Waals surface area contributed by atoms with Crippen molar-refractivity contribution in [2.75, 3.05) is 7.11 Å². The number of methoxy groups -OCH3 is 1. The molecule has 0 spiro atoms. The number of carbonyl (C=O) groups is 2. The molecule has 1 aromatic rings. The zero-order valence-corrected chi connectivity index (χ0v) is 8.74. The van der Waals surface area contributed by atoms with E-state index in [0.717, 1.165) is 25.3 Å². The average molecular weight is 242 g/mol. The van der Waals surface area contributed by atoms with E-state index in [1.165, 1.54) is 0 Å². The summed E-state index contributed by atoms with van der Waals surface area (Å²) in [6.45, 7) is 0. The molecule has 1 N–H and O–H groups in total. The number of esters is 1. The Kier molecular flexibility index (Phi) is 3.92. The Balaban J connectivity index is 3.10. The number of rotatable bonds is 3. The van der Waals surface area contributed by atoms with Gasteiger partial charge in [-0.25, -0.2) is 13.6 Å². The molecule has 0 saturated carbocycles. The normalized spacial score (nSPS) is 11.1. The van der Waals surface area contributed by atoms with Gasteiger partial charge in [0.05, 0.1) is 12.7 Å². The molecule has 0 heterocycles. The first-order chi connectivity index (χ1) is 7.97. The number of ether oxygens (including phenoxy) is 1. The monoisotopic (exact) mass is 242 g/mol. The fourth-order valence-electron chi connectivity index (χ4n) is 1.09. The second-order valence-corrected chi connectivity index (χ2v) is 2.98. The summed E-state index contributed by atoms with van der Waals surface area (Å²) in [7, 11) is 0.987. The van der Waals surface area contributed by atoms with Crippen LogP contribution < -0.4 is 0 Å². The summed E-state index contributed by atoms with van der Waals surface area (Å²) in [5.41, 5.74) is -0.844. The van der Waals surface area contributed by atoms with Crippen LogP contribution in [0.2, 0.25) is 0 Å². The van der Waals surface area contributed by atoms with Crippen molar-refractivity contribution >= 4 is 11.8 Å². The Bertz CT molecular complexity index is 474. The number of hydrogen-bond acceptors (Lipinski definition) is 4. The van der Waals surface area contributed by atoms with Gasteiger partial charge in [0, 0.05) is 6.08 Å². The molecule has 6 heteroatoms. The highest BCUT2D eigenvalue weighted by Crippen LogP contribution is 2.13. The van der Waals surface area contributed by atoms with Crippen LogP contribution in [0.15, 0.2) is 30.0 Å². The average Bonchev–Trinajstić information content (AvgIpc) is 2.27. The first kappa shape index (κ1) is 12.8. The number of aliphatic hydroxyl groups is 1. The van der Waals surface area contributed by atoms with Crippen LogP contribution in [-0.2, 0) is 9.53 Å². The lowest BCUT2D eigenvalue weighted by Gasteiger charge is -2.01. The highest BCUT2D eigenvalue weighted by molar-refractivity contribution is 6.08. The Morgan fingerprint density at radius 2 is 1.82 bits per heavy atom. The van der Waals surface area contributed by atoms with Crippen LogP contribution in [-0.4, -0.2) is 24.0 Å². The predicted molar refractivity (Wildman–Crippen MR) is 53.4 cm³/mol. The molecule has 0 aliphatic carbocycles. The van der Waals surface area contributed by atoms with Crippen LogP contribution in [0.5, 0.6) is 0 Å². The van der Waals surface area contributed by atoms with E-state index < -0.39 is 34.7 Å². The molecule has 0 unspecified atom stereocenters. The summed E-state index contributed by atoms with van der Waals surface area (Å²) in [6, 6.07) is 2.87. The highest BCUT2D eigenvalue weighted by Gasteiger charge is 2.17. The van der Waals surface area contributed by atoms with Crippen LogP contribution in [0.25, 0.3) is 0 Å². The minimum absolute atomic E-state index is 0.396. The van der Waals surface area contributed by atoms with E-state index >= 15 is 0 Å². The van der Waals surface area contributed by atoms with E-state index in [4.69, 9.17) is 5.11 Å². The Labute approximate surface area is 95.1 Å². The van der Waals surface area contributed by atoms with E-state index in [-0.39, 0.29) is 0 Å². The number of halogens is 2. The molecular formula is C11H8F2O4. The van der Waals surface area contributed by atoms with Crippen LogP contribution in [0.3, 0.4) is 0 Å². The molecule has 0 aliphatic heterocycles. The van der Waals surface area contributed by atoms with Crippen LogP contribution in [0.1, 0.15) is 10.4 Å². The number of hydrogen-bond donors (Lipinski definition) is 1. The summed E-state index contributed by atoms with van der Waals surface area (Å²) >= 11 is 0. The lowest BCUT2D eigenvalue weighted by molar-refractivity contribution is -0.139. The summed E-state index contributed by atoms with van der Waals surface area (Å²) in [5.74, 6) is -5.52. The summed E-state index contributed by atoms with van der Waals surface area (Å²) in [6.07, 6.45) is 0.396. The minimum Gasteiger partial charge on any atom is -0.502 e. The van der Waals surface area contributed by atoms with Gasteiger partial charge in [-0.15, -0.1) is 0 Å². The molecule has 0 aliphatic rings. The zero-order chi connectivity index (χ0) is 13.0. The number of ketones is 1. The molecular weight excluding hydrogens is 234 g/mol. The first-order valence-electron chi connectivity index (χ1n) is 4.44. The molecule has 0 fully saturated rings. The summed E-state index contributed by atoms with van der Waals surface area (Å²) < 4.78 is 30.4. The Morgan fingerprint density at radius 3 is 2.29 bits per heavy atom. The Morgan fingerprint density at radius 1 is 1.29 bits per heavy atom. The predicted octanol–water partition coefficient (Wildman–Crippen LogP) is 1.76. The van der Waals surface area contributed by atoms with E-state index in [1.54, 1.807) is 0 Å². The van der Waals surface area contributed by atoms with E-state index in [9.17, 15) is 18.4 Å². The van der Waals surface area contributed by atoms with Crippen molar-refractivity contribution in [1.82, 2.24) is 0 Å². The van der Waals surface area contributed by atoms with Gasteiger partial charge in [0.15, 0.2) is 5.78 Å². The second-order valence-electron chi connectivity index (χ2n) is 2.98. The first-order valence-corrected chi connectivity index (χ1v) is 4.44. The molecule has 0 bridgehead atoms. The SMILES string of the molecule is COC(=O)C(O)=CC(=O)c1c(F)cccc1F. The molecule has 0 radical (unpaired) electrons. The maximum atomic E-state index is 13.1. The van der Waals surface area contributed by atoms with Gasteiger partial charge in [0.2, 0.25) is 5.76 Å². The number of aliphatic hydroxyl groups excluding tert-OH is 1. The van der Waals surface area contributed by atoms with Gasteiger partial charge >= 0.3 is 5.97 Å². The maximum absolute atomic E-state index is 13.1. The minimum atomic E-state index is -1.17. The van der Waals surface area contributed by atoms with Gasteiger partial charge in [0.1, 0.15) is 11.6 Å². The van der Waals surface area contributed by atoms with Crippen LogP contribution >= 0.6 is 0 Å². The van der Waals surface area contributed by atoms with Crippen LogP contribution in [0.4, 0.5) is 8.78 Å². The number of carbonyl (C=O) groups excluding carboxylic acids is 2. The summed E-state index contributed by atoms with van der Waals surface area (Å²) in [5, 5.41) is 9.05. The van der Waals surface area contributed by atoms with Gasteiger partial charge in [-0.05, 0) is 12.1 Å². The molecule has 1 aromatic carbocycles. The maximum Gasteiger partial charge on any atom is 0.373 e. The van der Waals surface area contributed by atoms with Crippen molar-refractivity contribution in [1.29, 1.82) is 0 Å². The molecule has 17 heavy (non-hydrogen) atoms. The molecule has 0 saturated heterocycles. The fourth-order valence-corrected chi connectivity index (χ4v) is 1.09. The quantitative estimate of drug-likeness (QED) is 0.379. The zero-order valence-electron chi connectivity index (χ0n) is 8.74. The van der Waals surface area contributed by atoms with Gasteiger partial charge in [-0.1, -0.05) is 6.07 Å². The van der Waals surface area contributed by atoms with Gasteiger partial charge in [-0.3, -0.25) is 4.79 Å². The lowest BCUT2D eigenvalue weighted by Crippen LogP contribution is -2.09. The van der Waals surface area contributed by atoms with Crippen molar-refractivity contribution < 1.29 is 28.2 Å². The van der Waals surface area contributed by atoms with E-state index in [2.05, 4.69) is 4.74 Å². The topological polar surface area (TPSA) is 63.6 Å².